The highest BCUT2D eigenvalue weighted by atomic mass is 32.1. The van der Waals surface area contributed by atoms with E-state index in [1.54, 1.807) is 22.9 Å². The zero-order valence-electron chi connectivity index (χ0n) is 5.74. The number of aromatic nitrogens is 1. The molecule has 52 valence electrons. The van der Waals surface area contributed by atoms with Gasteiger partial charge in [-0.3, -0.25) is 0 Å². The first-order chi connectivity index (χ1) is 5.29. The van der Waals surface area contributed by atoms with Crippen LogP contribution in [-0.4, -0.2) is 12.8 Å². The molecule has 11 heavy (non-hydrogen) atoms. The Kier molecular flexibility index (Phi) is 1.36. The molecule has 0 aliphatic heterocycles. The minimum Gasteiger partial charge on any atom is -0.399 e. The molecule has 0 aliphatic carbocycles. The van der Waals surface area contributed by atoms with Crippen LogP contribution in [0.2, 0.25) is 0 Å². The molecule has 0 amide bonds. The molecule has 0 spiro atoms. The van der Waals surface area contributed by atoms with Gasteiger partial charge in [0.2, 0.25) is 0 Å². The Labute approximate surface area is 69.5 Å². The minimum atomic E-state index is 0.587. The molecule has 1 heterocycles. The Balaban J connectivity index is 2.93. The molecule has 0 saturated carbocycles. The molecule has 0 atom stereocenters. The summed E-state index contributed by atoms with van der Waals surface area (Å²) in [6.07, 6.45) is 0. The second-order valence-corrected chi connectivity index (χ2v) is 3.15. The van der Waals surface area contributed by atoms with Crippen LogP contribution in [0.5, 0.6) is 0 Å². The summed E-state index contributed by atoms with van der Waals surface area (Å²) in [6, 6.07) is 3.73. The van der Waals surface area contributed by atoms with Gasteiger partial charge in [-0.1, -0.05) is 0 Å². The van der Waals surface area contributed by atoms with Gasteiger partial charge >= 0.3 is 0 Å². The van der Waals surface area contributed by atoms with E-state index in [0.717, 1.165) is 10.2 Å². The summed E-state index contributed by atoms with van der Waals surface area (Å²) in [4.78, 5) is 4.09. The number of nitrogens with two attached hydrogens (primary N) is 1. The normalized spacial score (nSPS) is 10.5. The van der Waals surface area contributed by atoms with Crippen molar-refractivity contribution in [1.29, 1.82) is 0 Å². The van der Waals surface area contributed by atoms with Crippen molar-refractivity contribution in [2.24, 2.45) is 0 Å². The monoisotopic (exact) mass is 160 g/mol. The Hall–Kier alpha value is -1.03. The van der Waals surface area contributed by atoms with Gasteiger partial charge in [-0.05, 0) is 17.6 Å². The SMILES string of the molecule is [B]c1c(N)ccc2scnc12. The fourth-order valence-electron chi connectivity index (χ4n) is 0.968. The number of anilines is 1. The van der Waals surface area contributed by atoms with Crippen molar-refractivity contribution in [2.75, 3.05) is 5.73 Å². The van der Waals surface area contributed by atoms with Crippen LogP contribution in [0.15, 0.2) is 17.6 Å². The number of hydrogen-bond acceptors (Lipinski definition) is 3. The molecule has 4 heteroatoms. The number of nitrogen functional groups attached to an aromatic ring is 1. The van der Waals surface area contributed by atoms with Crippen molar-refractivity contribution < 1.29 is 0 Å². The molecule has 1 aromatic heterocycles. The van der Waals surface area contributed by atoms with Crippen LogP contribution >= 0.6 is 11.3 Å². The van der Waals surface area contributed by atoms with Crippen molar-refractivity contribution in [1.82, 2.24) is 4.98 Å². The van der Waals surface area contributed by atoms with Gasteiger partial charge in [0.25, 0.3) is 0 Å². The average Bonchev–Trinajstić information content (AvgIpc) is 2.45. The molecule has 2 radical (unpaired) electrons. The van der Waals surface area contributed by atoms with Crippen LogP contribution in [-0.2, 0) is 0 Å². The van der Waals surface area contributed by atoms with Crippen molar-refractivity contribution in [3.8, 4) is 0 Å². The van der Waals surface area contributed by atoms with Crippen LogP contribution in [0.3, 0.4) is 0 Å². The highest BCUT2D eigenvalue weighted by Gasteiger charge is 2.01. The molecule has 2 nitrogen and oxygen atoms in total. The van der Waals surface area contributed by atoms with Gasteiger partial charge < -0.3 is 5.73 Å². The quantitative estimate of drug-likeness (QED) is 0.454. The molecule has 2 rings (SSSR count). The summed E-state index contributed by atoms with van der Waals surface area (Å²) in [5, 5.41) is 0. The third kappa shape index (κ3) is 0.904. The highest BCUT2D eigenvalue weighted by molar-refractivity contribution is 7.16. The van der Waals surface area contributed by atoms with E-state index in [-0.39, 0.29) is 0 Å². The number of hydrogen-bond donors (Lipinski definition) is 1. The van der Waals surface area contributed by atoms with Gasteiger partial charge in [-0.25, -0.2) is 4.98 Å². The lowest BCUT2D eigenvalue weighted by molar-refractivity contribution is 1.51. The van der Waals surface area contributed by atoms with Crippen LogP contribution in [0.25, 0.3) is 10.2 Å². The maximum atomic E-state index is 5.68. The second kappa shape index (κ2) is 2.24. The van der Waals surface area contributed by atoms with E-state index in [1.807, 2.05) is 6.07 Å². The molecule has 1 aromatic carbocycles. The molecule has 2 aromatic rings. The molecule has 0 saturated heterocycles. The standard InChI is InChI=1S/C7H5BN2S/c8-6-4(9)1-2-5-7(6)10-3-11-5/h1-3H,9H2. The molecule has 0 aliphatic rings. The van der Waals surface area contributed by atoms with Gasteiger partial charge in [-0.15, -0.1) is 11.3 Å². The number of fused-ring (bicyclic) bond motifs is 1. The van der Waals surface area contributed by atoms with Crippen LogP contribution in [0, 0.1) is 0 Å². The Morgan fingerprint density at radius 3 is 3.09 bits per heavy atom. The maximum absolute atomic E-state index is 5.68. The van der Waals surface area contributed by atoms with E-state index < -0.39 is 0 Å². The number of benzene rings is 1. The van der Waals surface area contributed by atoms with E-state index in [1.165, 1.54) is 0 Å². The third-order valence-electron chi connectivity index (χ3n) is 1.58. The zero-order chi connectivity index (χ0) is 7.84. The second-order valence-electron chi connectivity index (χ2n) is 2.27. The van der Waals surface area contributed by atoms with Gasteiger partial charge in [0.1, 0.15) is 7.85 Å². The van der Waals surface area contributed by atoms with E-state index in [0.29, 0.717) is 11.2 Å². The molecule has 0 bridgehead atoms. The summed E-state index contributed by atoms with van der Waals surface area (Å²) in [7, 11) is 5.68. The van der Waals surface area contributed by atoms with Crippen molar-refractivity contribution >= 4 is 40.5 Å². The topological polar surface area (TPSA) is 38.9 Å². The van der Waals surface area contributed by atoms with Crippen molar-refractivity contribution in [3.05, 3.63) is 17.6 Å². The highest BCUT2D eigenvalue weighted by Crippen LogP contribution is 2.16. The van der Waals surface area contributed by atoms with Gasteiger partial charge in [-0.2, -0.15) is 0 Å². The fraction of sp³-hybridized carbons (Fsp3) is 0. The number of nitrogens with zero attached hydrogens (tertiary/aromatic N) is 1. The molecular formula is C7H5BN2S. The predicted octanol–water partition coefficient (Wildman–Crippen LogP) is 0.672. The van der Waals surface area contributed by atoms with Crippen LogP contribution < -0.4 is 11.2 Å². The maximum Gasteiger partial charge on any atom is 0.119 e. The zero-order valence-corrected chi connectivity index (χ0v) is 6.56. The number of thiazole rings is 1. The fourth-order valence-corrected chi connectivity index (χ4v) is 1.66. The third-order valence-corrected chi connectivity index (χ3v) is 2.37. The van der Waals surface area contributed by atoms with Gasteiger partial charge in [0.05, 0.1) is 15.7 Å². The Bertz CT molecular complexity index is 396. The van der Waals surface area contributed by atoms with E-state index in [9.17, 15) is 0 Å². The lowest BCUT2D eigenvalue weighted by Crippen LogP contribution is -2.10. The predicted molar refractivity (Wildman–Crippen MR) is 49.4 cm³/mol. The summed E-state index contributed by atoms with van der Waals surface area (Å²) >= 11 is 1.56. The Morgan fingerprint density at radius 2 is 2.27 bits per heavy atom. The first-order valence-corrected chi connectivity index (χ1v) is 4.04. The van der Waals surface area contributed by atoms with E-state index in [4.69, 9.17) is 13.6 Å². The summed E-state index contributed by atoms with van der Waals surface area (Å²) in [5.41, 5.74) is 9.35. The van der Waals surface area contributed by atoms with E-state index in [2.05, 4.69) is 4.98 Å². The minimum absolute atomic E-state index is 0.587. The largest absolute Gasteiger partial charge is 0.399 e. The summed E-state index contributed by atoms with van der Waals surface area (Å²) < 4.78 is 1.08. The average molecular weight is 160 g/mol. The first-order valence-electron chi connectivity index (χ1n) is 3.16. The summed E-state index contributed by atoms with van der Waals surface area (Å²) in [5.74, 6) is 0. The molecular weight excluding hydrogens is 155 g/mol. The van der Waals surface area contributed by atoms with Crippen molar-refractivity contribution in [3.63, 3.8) is 0 Å². The van der Waals surface area contributed by atoms with Crippen molar-refractivity contribution in [2.45, 2.75) is 0 Å². The molecule has 0 unspecified atom stereocenters. The lowest BCUT2D eigenvalue weighted by atomic mass is 9.93. The molecule has 0 fully saturated rings. The lowest BCUT2D eigenvalue weighted by Gasteiger charge is -1.98. The van der Waals surface area contributed by atoms with Gasteiger partial charge in [0.15, 0.2) is 0 Å². The smallest absolute Gasteiger partial charge is 0.119 e. The number of rotatable bonds is 0. The molecule has 2 N–H and O–H groups in total. The first kappa shape index (κ1) is 6.67. The van der Waals surface area contributed by atoms with Crippen LogP contribution in [0.4, 0.5) is 5.69 Å². The Morgan fingerprint density at radius 1 is 1.45 bits per heavy atom. The van der Waals surface area contributed by atoms with Gasteiger partial charge in [0, 0.05) is 5.69 Å². The summed E-state index contributed by atoms with van der Waals surface area (Å²) in [6.45, 7) is 0. The van der Waals surface area contributed by atoms with Crippen LogP contribution in [0.1, 0.15) is 0 Å². The van der Waals surface area contributed by atoms with E-state index >= 15 is 0 Å².